The number of rotatable bonds is 1. The number of hydrogen-bond donors (Lipinski definition) is 6. The Morgan fingerprint density at radius 1 is 0.750 bits per heavy atom. The normalized spacial score (nSPS) is 7.33. The monoisotopic (exact) mass is 330 g/mol. The van der Waals surface area contributed by atoms with E-state index in [1.165, 1.54) is 0 Å². The summed E-state index contributed by atoms with van der Waals surface area (Å²) in [5.74, 6) is -3.33. The number of aliphatic carboxylic acids is 4. The summed E-state index contributed by atoms with van der Waals surface area (Å²) in [6, 6.07) is 0. The van der Waals surface area contributed by atoms with Crippen LogP contribution < -0.4 is 11.5 Å². The Morgan fingerprint density at radius 3 is 0.792 bits per heavy atom. The number of carboxylic acids is 4. The van der Waals surface area contributed by atoms with Crippen LogP contribution in [0.4, 0.5) is 0 Å². The summed E-state index contributed by atoms with van der Waals surface area (Å²) in [6.45, 7) is 4.92. The Morgan fingerprint density at radius 2 is 0.792 bits per heavy atom. The van der Waals surface area contributed by atoms with Crippen molar-refractivity contribution in [3.63, 3.8) is 0 Å². The predicted octanol–water partition coefficient (Wildman–Crippen LogP) is -3.18. The molecule has 0 aromatic heterocycles. The van der Waals surface area contributed by atoms with Crippen LogP contribution in [-0.4, -0.2) is 130 Å². The van der Waals surface area contributed by atoms with E-state index in [9.17, 15) is 0 Å². The summed E-state index contributed by atoms with van der Waals surface area (Å²) >= 11 is 1.88. The second kappa shape index (κ2) is 43.6. The number of nitrogens with two attached hydrogens (primary N) is 2. The van der Waals surface area contributed by atoms with Crippen LogP contribution >= 0.6 is 0 Å². The zero-order valence-electron chi connectivity index (χ0n) is 12.9. The molecule has 24 heavy (non-hydrogen) atoms. The van der Waals surface area contributed by atoms with Gasteiger partial charge in [0.15, 0.2) is 0 Å². The van der Waals surface area contributed by atoms with Crippen molar-refractivity contribution in [2.45, 2.75) is 32.4 Å². The van der Waals surface area contributed by atoms with Crippen molar-refractivity contribution in [3.05, 3.63) is 0 Å². The van der Waals surface area contributed by atoms with Gasteiger partial charge in [-0.25, -0.2) is 0 Å². The Balaban J connectivity index is -0.0000000216. The summed E-state index contributed by atoms with van der Waals surface area (Å²) in [4.78, 5) is 36.0. The maximum absolute atomic E-state index is 9.00. The molecule has 1 atom stereocenters. The van der Waals surface area contributed by atoms with Crippen LogP contribution in [0.15, 0.2) is 0 Å². The topological polar surface area (TPSA) is 201 Å². The van der Waals surface area contributed by atoms with E-state index < -0.39 is 23.9 Å². The first kappa shape index (κ1) is 49.6. The van der Waals surface area contributed by atoms with Gasteiger partial charge in [-0.3, -0.25) is 19.2 Å². The molecule has 0 aliphatic heterocycles. The third kappa shape index (κ3) is 2080. The zero-order valence-corrected chi connectivity index (χ0v) is 12.9. The molecule has 0 aromatic carbocycles. The average molecular weight is 330 g/mol. The van der Waals surface area contributed by atoms with Gasteiger partial charge in [0, 0.05) is 27.7 Å². The first-order chi connectivity index (χ1) is 9.20. The van der Waals surface area contributed by atoms with E-state index in [0.717, 1.165) is 27.7 Å². The van der Waals surface area contributed by atoms with Gasteiger partial charge >= 0.3 is 97.0 Å². The fourth-order valence-electron chi connectivity index (χ4n) is 0. The van der Waals surface area contributed by atoms with Crippen LogP contribution in [0.2, 0.25) is 0 Å². The SMILES string of the molecule is CC(=O)O.CC(=O)O.CC(=O)O.CC(=O)O.[LiH].[LiH].[LiH].[Li][CH](N)CN. The van der Waals surface area contributed by atoms with E-state index in [1.807, 2.05) is 17.7 Å². The molecule has 0 rings (SSSR count). The van der Waals surface area contributed by atoms with E-state index >= 15 is 0 Å². The molecule has 0 fully saturated rings. The number of carboxylic acid groups (broad SMARTS) is 4. The Hall–Kier alpha value is 0.190. The van der Waals surface area contributed by atoms with Crippen LogP contribution in [0.25, 0.3) is 0 Å². The molecule has 8 N–H and O–H groups in total. The van der Waals surface area contributed by atoms with Gasteiger partial charge in [-0.15, -0.1) is 0 Å². The van der Waals surface area contributed by atoms with Gasteiger partial charge in [-0.05, 0) is 0 Å². The van der Waals surface area contributed by atoms with E-state index in [2.05, 4.69) is 0 Å². The van der Waals surface area contributed by atoms with Crippen molar-refractivity contribution in [3.8, 4) is 0 Å². The van der Waals surface area contributed by atoms with Crippen LogP contribution in [-0.2, 0) is 19.2 Å². The number of carbonyl (C=O) groups is 4. The molecule has 10 nitrogen and oxygen atoms in total. The number of hydrogen-bond acceptors (Lipinski definition) is 6. The van der Waals surface area contributed by atoms with E-state index in [0.29, 0.717) is 6.54 Å². The van der Waals surface area contributed by atoms with Crippen LogP contribution in [0.5, 0.6) is 0 Å². The fraction of sp³-hybridized carbons (Fsp3) is 0.600. The quantitative estimate of drug-likeness (QED) is 0.266. The minimum absolute atomic E-state index is 0. The molecule has 0 saturated carbocycles. The van der Waals surface area contributed by atoms with Gasteiger partial charge in [0.25, 0.3) is 23.9 Å². The van der Waals surface area contributed by atoms with Gasteiger partial charge < -0.3 is 20.4 Å². The molecule has 0 spiro atoms. The summed E-state index contributed by atoms with van der Waals surface area (Å²) in [5, 5.41) is 29.7. The maximum atomic E-state index is 9.00. The van der Waals surface area contributed by atoms with Gasteiger partial charge in [-0.1, -0.05) is 0 Å². The molecule has 0 aliphatic rings. The van der Waals surface area contributed by atoms with E-state index in [-0.39, 0.29) is 61.3 Å². The van der Waals surface area contributed by atoms with Crippen molar-refractivity contribution in [2.24, 2.45) is 11.5 Å². The first-order valence-electron chi connectivity index (χ1n) is 5.44. The Kier molecular flexibility index (Phi) is 90.1. The molecular formula is C10H26Li4N2O8. The molecule has 0 radical (unpaired) electrons. The summed E-state index contributed by atoms with van der Waals surface area (Å²) in [5.41, 5.74) is 10.2. The van der Waals surface area contributed by atoms with Crippen molar-refractivity contribution < 1.29 is 39.6 Å². The molecule has 128 valence electrons. The zero-order chi connectivity index (χ0) is 18.6. The van der Waals surface area contributed by atoms with Gasteiger partial charge in [0.1, 0.15) is 0 Å². The molecule has 14 heteroatoms. The van der Waals surface area contributed by atoms with Crippen LogP contribution in [0, 0.1) is 0 Å². The van der Waals surface area contributed by atoms with Crippen molar-refractivity contribution >= 4 is 98.2 Å². The van der Waals surface area contributed by atoms with Crippen LogP contribution in [0.1, 0.15) is 27.7 Å². The molecule has 0 amide bonds. The fourth-order valence-corrected chi connectivity index (χ4v) is 0. The Labute approximate surface area is 187 Å². The summed E-state index contributed by atoms with van der Waals surface area (Å²) in [6.07, 6.45) is 0. The molecule has 0 aliphatic carbocycles. The molecule has 0 saturated heterocycles. The summed E-state index contributed by atoms with van der Waals surface area (Å²) < 4.78 is 0.162. The first-order valence-corrected chi connectivity index (χ1v) is 5.44. The summed E-state index contributed by atoms with van der Waals surface area (Å²) in [7, 11) is 0. The standard InChI is InChI=1S/C2H7N2.4C2H4O2.4Li.3H/c3-1-2-4;4*1-2(3)4;;;;;;;/h1H,2-4H2;4*1H3,(H,3,4);;;;;;;. The third-order valence-electron chi connectivity index (χ3n) is 0.372. The second-order valence-electron chi connectivity index (χ2n) is 3.29. The van der Waals surface area contributed by atoms with Crippen molar-refractivity contribution in [2.75, 3.05) is 6.54 Å². The van der Waals surface area contributed by atoms with Gasteiger partial charge in [-0.2, -0.15) is 0 Å². The molecular weight excluding hydrogens is 304 g/mol. The predicted molar refractivity (Wildman–Crippen MR) is 97.5 cm³/mol. The van der Waals surface area contributed by atoms with Gasteiger partial charge in [0.2, 0.25) is 0 Å². The van der Waals surface area contributed by atoms with Crippen molar-refractivity contribution in [1.82, 2.24) is 0 Å². The van der Waals surface area contributed by atoms with E-state index in [4.69, 9.17) is 51.1 Å². The van der Waals surface area contributed by atoms with Gasteiger partial charge in [0.05, 0.1) is 0 Å². The van der Waals surface area contributed by atoms with Crippen molar-refractivity contribution in [1.29, 1.82) is 0 Å². The van der Waals surface area contributed by atoms with E-state index in [1.54, 1.807) is 0 Å². The molecule has 1 unspecified atom stereocenters. The molecule has 0 bridgehead atoms. The van der Waals surface area contributed by atoms with Crippen LogP contribution in [0.3, 0.4) is 0 Å². The Bertz CT molecular complexity index is 230. The molecule has 0 heterocycles. The third-order valence-corrected chi connectivity index (χ3v) is 0.372. The second-order valence-corrected chi connectivity index (χ2v) is 3.29. The minimum atomic E-state index is -0.833. The average Bonchev–Trinajstić information content (AvgIpc) is 2.13. The molecule has 0 aromatic rings.